The zero-order valence-corrected chi connectivity index (χ0v) is 17.6. The summed E-state index contributed by atoms with van der Waals surface area (Å²) in [5.41, 5.74) is 0. The highest BCUT2D eigenvalue weighted by molar-refractivity contribution is 7.46. The van der Waals surface area contributed by atoms with Gasteiger partial charge in [-0.25, -0.2) is 9.13 Å². The van der Waals surface area contributed by atoms with Crippen molar-refractivity contribution in [2.75, 3.05) is 6.61 Å². The van der Waals surface area contributed by atoms with Gasteiger partial charge in [-0.3, -0.25) is 9.05 Å². The maximum Gasteiger partial charge on any atom is 0.469 e. The van der Waals surface area contributed by atoms with E-state index in [0.29, 0.717) is 5.92 Å². The highest BCUT2D eigenvalue weighted by atomic mass is 31.2. The van der Waals surface area contributed by atoms with Gasteiger partial charge in [0.1, 0.15) is 0 Å². The normalized spacial score (nSPS) is 20.9. The number of phosphoric ester groups is 2. The molecule has 0 spiro atoms. The molecular formula is C16H34O8P2. The van der Waals surface area contributed by atoms with E-state index in [-0.39, 0.29) is 30.8 Å². The molecule has 0 aromatic carbocycles. The Morgan fingerprint density at radius 1 is 0.962 bits per heavy atom. The van der Waals surface area contributed by atoms with E-state index in [2.05, 4.69) is 0 Å². The van der Waals surface area contributed by atoms with Crippen LogP contribution in [0.5, 0.6) is 0 Å². The minimum absolute atomic E-state index is 0.103. The molecule has 0 heterocycles. The first-order valence-corrected chi connectivity index (χ1v) is 12.4. The van der Waals surface area contributed by atoms with Gasteiger partial charge >= 0.3 is 15.6 Å². The van der Waals surface area contributed by atoms with Gasteiger partial charge in [0, 0.05) is 0 Å². The molecule has 0 saturated heterocycles. The molecule has 4 N–H and O–H groups in total. The van der Waals surface area contributed by atoms with Gasteiger partial charge in [-0.1, -0.05) is 52.9 Å². The summed E-state index contributed by atoms with van der Waals surface area (Å²) >= 11 is 0. The Morgan fingerprint density at radius 2 is 1.54 bits per heavy atom. The van der Waals surface area contributed by atoms with Crippen molar-refractivity contribution in [3.8, 4) is 0 Å². The molecule has 0 aromatic heterocycles. The lowest BCUT2D eigenvalue weighted by atomic mass is 9.77. The average molecular weight is 416 g/mol. The van der Waals surface area contributed by atoms with Crippen LogP contribution in [-0.4, -0.2) is 32.3 Å². The summed E-state index contributed by atoms with van der Waals surface area (Å²) in [7, 11) is -9.25. The van der Waals surface area contributed by atoms with Crippen molar-refractivity contribution in [3.63, 3.8) is 0 Å². The Bertz CT molecular complexity index is 494. The second kappa shape index (κ2) is 10.7. The van der Waals surface area contributed by atoms with Crippen molar-refractivity contribution >= 4 is 15.6 Å². The third-order valence-electron chi connectivity index (χ3n) is 5.24. The van der Waals surface area contributed by atoms with Crippen LogP contribution in [0.1, 0.15) is 65.7 Å². The Balaban J connectivity index is 2.80. The fourth-order valence-corrected chi connectivity index (χ4v) is 4.78. The molecule has 3 atom stereocenters. The van der Waals surface area contributed by atoms with Crippen LogP contribution in [-0.2, 0) is 18.2 Å². The Kier molecular flexibility index (Phi) is 9.96. The van der Waals surface area contributed by atoms with Crippen LogP contribution in [0.3, 0.4) is 0 Å². The first-order chi connectivity index (χ1) is 11.9. The van der Waals surface area contributed by atoms with Gasteiger partial charge in [-0.05, 0) is 36.5 Å². The maximum absolute atomic E-state index is 11.2. The van der Waals surface area contributed by atoms with Gasteiger partial charge in [0.15, 0.2) is 0 Å². The highest BCUT2D eigenvalue weighted by Gasteiger charge is 2.32. The minimum Gasteiger partial charge on any atom is -0.303 e. The molecule has 156 valence electrons. The molecule has 0 amide bonds. The molecule has 1 aliphatic carbocycles. The third-order valence-corrected chi connectivity index (χ3v) is 6.27. The average Bonchev–Trinajstić information content (AvgIpc) is 2.48. The lowest BCUT2D eigenvalue weighted by Crippen LogP contribution is -2.29. The first-order valence-electron chi connectivity index (χ1n) is 9.31. The van der Waals surface area contributed by atoms with Crippen LogP contribution in [0.15, 0.2) is 0 Å². The smallest absolute Gasteiger partial charge is 0.303 e. The van der Waals surface area contributed by atoms with Gasteiger partial charge < -0.3 is 19.6 Å². The minimum atomic E-state index is -4.64. The molecule has 1 fully saturated rings. The number of rotatable bonds is 11. The second-order valence-electron chi connectivity index (χ2n) is 7.88. The van der Waals surface area contributed by atoms with Crippen molar-refractivity contribution in [1.29, 1.82) is 0 Å². The van der Waals surface area contributed by atoms with Gasteiger partial charge in [0.25, 0.3) is 0 Å². The lowest BCUT2D eigenvalue weighted by Gasteiger charge is -2.32. The van der Waals surface area contributed by atoms with Gasteiger partial charge in [0.2, 0.25) is 0 Å². The largest absolute Gasteiger partial charge is 0.469 e. The van der Waals surface area contributed by atoms with Gasteiger partial charge in [-0.2, -0.15) is 0 Å². The molecule has 10 heteroatoms. The van der Waals surface area contributed by atoms with Crippen molar-refractivity contribution in [3.05, 3.63) is 0 Å². The second-order valence-corrected chi connectivity index (χ2v) is 10.3. The summed E-state index contributed by atoms with van der Waals surface area (Å²) in [4.78, 5) is 36.3. The highest BCUT2D eigenvalue weighted by Crippen LogP contribution is 2.43. The summed E-state index contributed by atoms with van der Waals surface area (Å²) < 4.78 is 32.0. The molecule has 0 aromatic rings. The van der Waals surface area contributed by atoms with Crippen LogP contribution < -0.4 is 0 Å². The molecule has 0 radical (unpaired) electrons. The predicted octanol–water partition coefficient (Wildman–Crippen LogP) is 3.84. The molecule has 0 aliphatic heterocycles. The van der Waals surface area contributed by atoms with Gasteiger partial charge in [-0.15, -0.1) is 0 Å². The predicted molar refractivity (Wildman–Crippen MR) is 98.2 cm³/mol. The topological polar surface area (TPSA) is 134 Å². The van der Waals surface area contributed by atoms with Crippen molar-refractivity contribution < 1.29 is 37.8 Å². The van der Waals surface area contributed by atoms with E-state index in [9.17, 15) is 9.13 Å². The number of hydrogen-bond acceptors (Lipinski definition) is 4. The number of hydrogen-bond donors (Lipinski definition) is 4. The van der Waals surface area contributed by atoms with E-state index in [1.165, 1.54) is 19.3 Å². The molecule has 3 unspecified atom stereocenters. The fourth-order valence-electron chi connectivity index (χ4n) is 3.71. The van der Waals surface area contributed by atoms with E-state index < -0.39 is 21.7 Å². The van der Waals surface area contributed by atoms with Crippen LogP contribution in [0.4, 0.5) is 0 Å². The molecular weight excluding hydrogens is 382 g/mol. The Morgan fingerprint density at radius 3 is 2.00 bits per heavy atom. The van der Waals surface area contributed by atoms with Crippen LogP contribution in [0.2, 0.25) is 0 Å². The summed E-state index contributed by atoms with van der Waals surface area (Å²) in [5, 5.41) is 0. The van der Waals surface area contributed by atoms with E-state index >= 15 is 0 Å². The van der Waals surface area contributed by atoms with E-state index in [1.54, 1.807) is 13.8 Å². The summed E-state index contributed by atoms with van der Waals surface area (Å²) in [6.45, 7) is 5.45. The summed E-state index contributed by atoms with van der Waals surface area (Å²) in [6, 6.07) is 0. The van der Waals surface area contributed by atoms with Crippen LogP contribution in [0, 0.1) is 23.7 Å². The summed E-state index contributed by atoms with van der Waals surface area (Å²) in [6.07, 6.45) is 6.45. The van der Waals surface area contributed by atoms with Crippen molar-refractivity contribution in [2.24, 2.45) is 23.7 Å². The standard InChI is InChI=1S/C16H34O8P2/c1-12(2)16(24-26(20,21)22)10-15(11-23-25(17,18)19)13(3)9-14-7-5-4-6-8-14/h12-16H,4-11H2,1-3H3,(H2,17,18,19)(H2,20,21,22). The van der Waals surface area contributed by atoms with E-state index in [0.717, 1.165) is 19.3 Å². The fraction of sp³-hybridized carbons (Fsp3) is 1.00. The van der Waals surface area contributed by atoms with E-state index in [4.69, 9.17) is 28.6 Å². The lowest BCUT2D eigenvalue weighted by molar-refractivity contribution is 0.0484. The zero-order valence-electron chi connectivity index (χ0n) is 15.9. The summed E-state index contributed by atoms with van der Waals surface area (Å²) in [5.74, 6) is 0.272. The quantitative estimate of drug-likeness (QED) is 0.373. The maximum atomic E-state index is 11.2. The molecule has 1 rings (SSSR count). The van der Waals surface area contributed by atoms with Gasteiger partial charge in [0.05, 0.1) is 12.7 Å². The van der Waals surface area contributed by atoms with Crippen molar-refractivity contribution in [1.82, 2.24) is 0 Å². The van der Waals surface area contributed by atoms with Crippen molar-refractivity contribution in [2.45, 2.75) is 71.8 Å². The first kappa shape index (κ1) is 24.3. The monoisotopic (exact) mass is 416 g/mol. The number of phosphoric acid groups is 2. The Labute approximate surface area is 156 Å². The van der Waals surface area contributed by atoms with Crippen LogP contribution in [0.25, 0.3) is 0 Å². The molecule has 26 heavy (non-hydrogen) atoms. The molecule has 1 saturated carbocycles. The Hall–Kier alpha value is 0.220. The van der Waals surface area contributed by atoms with Crippen LogP contribution >= 0.6 is 15.6 Å². The SMILES string of the molecule is CC(C)C(CC(COP(=O)(O)O)C(C)CC1CCCCC1)OP(=O)(O)O. The van der Waals surface area contributed by atoms with E-state index in [1.807, 2.05) is 6.92 Å². The third kappa shape index (κ3) is 10.5. The zero-order chi connectivity index (χ0) is 20.0. The molecule has 0 bridgehead atoms. The molecule has 1 aliphatic rings. The molecule has 8 nitrogen and oxygen atoms in total.